The van der Waals surface area contributed by atoms with Crippen LogP contribution < -0.4 is 10.9 Å². The van der Waals surface area contributed by atoms with E-state index in [-0.39, 0.29) is 10.6 Å². The van der Waals surface area contributed by atoms with E-state index in [1.54, 1.807) is 17.8 Å². The Labute approximate surface area is 100 Å². The number of anilines is 1. The van der Waals surface area contributed by atoms with Crippen LogP contribution in [0.2, 0.25) is 0 Å². The van der Waals surface area contributed by atoms with Crippen molar-refractivity contribution in [3.8, 4) is 0 Å². The van der Waals surface area contributed by atoms with Crippen molar-refractivity contribution >= 4 is 27.5 Å². The SMILES string of the molecule is CCCCSc1cccc(S(N)(=O)=O)c1N. The lowest BCUT2D eigenvalue weighted by Crippen LogP contribution is -2.14. The third-order valence-electron chi connectivity index (χ3n) is 2.09. The maximum absolute atomic E-state index is 11.2. The van der Waals surface area contributed by atoms with Gasteiger partial charge in [-0.05, 0) is 24.3 Å². The normalized spacial score (nSPS) is 11.6. The van der Waals surface area contributed by atoms with Crippen molar-refractivity contribution in [1.29, 1.82) is 0 Å². The highest BCUT2D eigenvalue weighted by Gasteiger charge is 2.14. The monoisotopic (exact) mass is 260 g/mol. The number of primary sulfonamides is 1. The van der Waals surface area contributed by atoms with Crippen molar-refractivity contribution in [3.63, 3.8) is 0 Å². The first-order valence-electron chi connectivity index (χ1n) is 5.01. The van der Waals surface area contributed by atoms with Gasteiger partial charge in [0.15, 0.2) is 0 Å². The van der Waals surface area contributed by atoms with Gasteiger partial charge in [0.1, 0.15) is 4.90 Å². The largest absolute Gasteiger partial charge is 0.397 e. The number of nitrogen functional groups attached to an aromatic ring is 1. The Morgan fingerprint density at radius 2 is 2.06 bits per heavy atom. The van der Waals surface area contributed by atoms with E-state index >= 15 is 0 Å². The highest BCUT2D eigenvalue weighted by Crippen LogP contribution is 2.30. The molecule has 0 fully saturated rings. The van der Waals surface area contributed by atoms with Crippen molar-refractivity contribution in [2.75, 3.05) is 11.5 Å². The molecule has 0 radical (unpaired) electrons. The molecule has 1 rings (SSSR count). The second kappa shape index (κ2) is 5.56. The molecule has 0 unspecified atom stereocenters. The number of unbranched alkanes of at least 4 members (excludes halogenated alkanes) is 1. The number of rotatable bonds is 5. The molecule has 0 saturated carbocycles. The van der Waals surface area contributed by atoms with Crippen molar-refractivity contribution in [1.82, 2.24) is 0 Å². The van der Waals surface area contributed by atoms with Gasteiger partial charge in [0.25, 0.3) is 0 Å². The highest BCUT2D eigenvalue weighted by molar-refractivity contribution is 7.99. The molecule has 0 spiro atoms. The summed E-state index contributed by atoms with van der Waals surface area (Å²) in [6.07, 6.45) is 2.17. The van der Waals surface area contributed by atoms with Crippen LogP contribution >= 0.6 is 11.8 Å². The molecule has 0 atom stereocenters. The molecule has 0 saturated heterocycles. The second-order valence-corrected chi connectivity index (χ2v) is 6.08. The number of hydrogen-bond donors (Lipinski definition) is 2. The van der Waals surface area contributed by atoms with Crippen LogP contribution in [0.3, 0.4) is 0 Å². The van der Waals surface area contributed by atoms with Gasteiger partial charge in [-0.15, -0.1) is 11.8 Å². The average molecular weight is 260 g/mol. The predicted octanol–water partition coefficient (Wildman–Crippen LogP) is 1.81. The predicted molar refractivity (Wildman–Crippen MR) is 67.9 cm³/mol. The van der Waals surface area contributed by atoms with Crippen LogP contribution in [-0.4, -0.2) is 14.2 Å². The molecule has 90 valence electrons. The molecular formula is C10H16N2O2S2. The molecule has 0 heterocycles. The summed E-state index contributed by atoms with van der Waals surface area (Å²) in [5, 5.41) is 5.06. The van der Waals surface area contributed by atoms with E-state index in [1.807, 2.05) is 6.07 Å². The fraction of sp³-hybridized carbons (Fsp3) is 0.400. The number of para-hydroxylation sites is 1. The number of thioether (sulfide) groups is 1. The van der Waals surface area contributed by atoms with Crippen LogP contribution in [0.15, 0.2) is 28.0 Å². The number of sulfonamides is 1. The lowest BCUT2D eigenvalue weighted by molar-refractivity contribution is 0.598. The van der Waals surface area contributed by atoms with E-state index in [9.17, 15) is 8.42 Å². The van der Waals surface area contributed by atoms with Crippen molar-refractivity contribution in [2.45, 2.75) is 29.6 Å². The van der Waals surface area contributed by atoms with Crippen LogP contribution in [0, 0.1) is 0 Å². The van der Waals surface area contributed by atoms with E-state index in [4.69, 9.17) is 10.9 Å². The Hall–Kier alpha value is -0.720. The summed E-state index contributed by atoms with van der Waals surface area (Å²) in [6, 6.07) is 4.89. The van der Waals surface area contributed by atoms with Crippen molar-refractivity contribution in [3.05, 3.63) is 18.2 Å². The molecule has 0 aliphatic heterocycles. The lowest BCUT2D eigenvalue weighted by Gasteiger charge is -2.08. The third-order valence-corrected chi connectivity index (χ3v) is 4.22. The first kappa shape index (κ1) is 13.3. The molecule has 0 aromatic heterocycles. The van der Waals surface area contributed by atoms with E-state index in [0.717, 1.165) is 23.5 Å². The highest BCUT2D eigenvalue weighted by atomic mass is 32.2. The average Bonchev–Trinajstić information content (AvgIpc) is 2.19. The quantitative estimate of drug-likeness (QED) is 0.480. The zero-order valence-electron chi connectivity index (χ0n) is 9.14. The lowest BCUT2D eigenvalue weighted by atomic mass is 10.3. The first-order chi connectivity index (χ1) is 7.46. The van der Waals surface area contributed by atoms with Gasteiger partial charge in [0.05, 0.1) is 5.69 Å². The van der Waals surface area contributed by atoms with E-state index in [0.29, 0.717) is 0 Å². The summed E-state index contributed by atoms with van der Waals surface area (Å²) in [7, 11) is -3.72. The van der Waals surface area contributed by atoms with E-state index in [2.05, 4.69) is 6.92 Å². The van der Waals surface area contributed by atoms with Gasteiger partial charge in [-0.25, -0.2) is 13.6 Å². The maximum Gasteiger partial charge on any atom is 0.240 e. The van der Waals surface area contributed by atoms with Gasteiger partial charge in [-0.1, -0.05) is 19.4 Å². The van der Waals surface area contributed by atoms with Gasteiger partial charge in [0.2, 0.25) is 10.0 Å². The van der Waals surface area contributed by atoms with Gasteiger partial charge in [-0.2, -0.15) is 0 Å². The van der Waals surface area contributed by atoms with Gasteiger partial charge in [-0.3, -0.25) is 0 Å². The summed E-state index contributed by atoms with van der Waals surface area (Å²) in [5.41, 5.74) is 6.03. The smallest absolute Gasteiger partial charge is 0.240 e. The Morgan fingerprint density at radius 1 is 1.38 bits per heavy atom. The Morgan fingerprint density at radius 3 is 2.62 bits per heavy atom. The second-order valence-electron chi connectivity index (χ2n) is 3.41. The number of hydrogen-bond acceptors (Lipinski definition) is 4. The first-order valence-corrected chi connectivity index (χ1v) is 7.54. The summed E-state index contributed by atoms with van der Waals surface area (Å²) in [4.78, 5) is 0.786. The number of nitrogens with two attached hydrogens (primary N) is 2. The van der Waals surface area contributed by atoms with Crippen molar-refractivity contribution < 1.29 is 8.42 Å². The molecule has 0 amide bonds. The third kappa shape index (κ3) is 3.40. The minimum Gasteiger partial charge on any atom is -0.397 e. The number of benzene rings is 1. The molecule has 0 aliphatic carbocycles. The van der Waals surface area contributed by atoms with Gasteiger partial charge < -0.3 is 5.73 Å². The van der Waals surface area contributed by atoms with Crippen LogP contribution in [0.25, 0.3) is 0 Å². The molecule has 16 heavy (non-hydrogen) atoms. The maximum atomic E-state index is 11.2. The van der Waals surface area contributed by atoms with E-state index in [1.165, 1.54) is 6.07 Å². The minimum atomic E-state index is -3.72. The molecule has 0 bridgehead atoms. The molecule has 4 N–H and O–H groups in total. The fourth-order valence-corrected chi connectivity index (χ4v) is 3.07. The zero-order chi connectivity index (χ0) is 12.2. The molecule has 6 heteroatoms. The summed E-state index contributed by atoms with van der Waals surface area (Å²) in [5.74, 6) is 0.925. The van der Waals surface area contributed by atoms with Gasteiger partial charge >= 0.3 is 0 Å². The molecule has 0 aliphatic rings. The van der Waals surface area contributed by atoms with Crippen molar-refractivity contribution in [2.24, 2.45) is 5.14 Å². The van der Waals surface area contributed by atoms with E-state index < -0.39 is 10.0 Å². The molecule has 1 aromatic carbocycles. The summed E-state index contributed by atoms with van der Waals surface area (Å²) >= 11 is 1.56. The Bertz CT molecular complexity index is 458. The Balaban J connectivity index is 2.96. The standard InChI is InChI=1S/C10H16N2O2S2/c1-2-3-7-15-8-5-4-6-9(10(8)11)16(12,13)14/h4-6H,2-3,7,11H2,1H3,(H2,12,13,14). The van der Waals surface area contributed by atoms with Crippen LogP contribution in [0.5, 0.6) is 0 Å². The zero-order valence-corrected chi connectivity index (χ0v) is 10.8. The minimum absolute atomic E-state index is 0.00833. The molecule has 1 aromatic rings. The summed E-state index contributed by atoms with van der Waals surface area (Å²) in [6.45, 7) is 2.10. The fourth-order valence-electron chi connectivity index (χ4n) is 1.22. The molecular weight excluding hydrogens is 244 g/mol. The van der Waals surface area contributed by atoms with Crippen LogP contribution in [-0.2, 0) is 10.0 Å². The topological polar surface area (TPSA) is 86.2 Å². The van der Waals surface area contributed by atoms with Crippen LogP contribution in [0.4, 0.5) is 5.69 Å². The Kier molecular flexibility index (Phi) is 4.64. The van der Waals surface area contributed by atoms with Crippen LogP contribution in [0.1, 0.15) is 19.8 Å². The van der Waals surface area contributed by atoms with Gasteiger partial charge in [0, 0.05) is 4.90 Å². The molecule has 4 nitrogen and oxygen atoms in total. The summed E-state index contributed by atoms with van der Waals surface area (Å²) < 4.78 is 22.4.